The lowest BCUT2D eigenvalue weighted by Gasteiger charge is -2.64. The lowest BCUT2D eigenvalue weighted by Crippen LogP contribution is -2.62. The minimum atomic E-state index is -1.31. The third kappa shape index (κ3) is 4.47. The summed E-state index contributed by atoms with van der Waals surface area (Å²) in [6.07, 6.45) is 1.51. The minimum absolute atomic E-state index is 0.0770. The Morgan fingerprint density at radius 3 is 2.13 bits per heavy atom. The van der Waals surface area contributed by atoms with Gasteiger partial charge in [0.2, 0.25) is 0 Å². The molecule has 2 heterocycles. The van der Waals surface area contributed by atoms with Crippen LogP contribution in [-0.4, -0.2) is 98.3 Å². The number of hydrogen-bond donors (Lipinski definition) is 5. The molecule has 0 aromatic heterocycles. The molecule has 5 N–H and O–H groups in total. The summed E-state index contributed by atoms with van der Waals surface area (Å²) in [6.45, 7) is 16.2. The van der Waals surface area contributed by atoms with Crippen LogP contribution in [0.1, 0.15) is 113 Å². The molecule has 0 aromatic rings. The quantitative estimate of drug-likeness (QED) is 0.218. The first-order valence-electron chi connectivity index (χ1n) is 18.3. The summed E-state index contributed by atoms with van der Waals surface area (Å²) in [4.78, 5) is 12.7. The van der Waals surface area contributed by atoms with E-state index in [0.29, 0.717) is 12.3 Å². The van der Waals surface area contributed by atoms with Gasteiger partial charge in [-0.1, -0.05) is 27.7 Å². The van der Waals surface area contributed by atoms with Crippen molar-refractivity contribution < 1.29 is 49.3 Å². The van der Waals surface area contributed by atoms with Crippen LogP contribution in [0, 0.1) is 44.8 Å². The van der Waals surface area contributed by atoms with Crippen molar-refractivity contribution in [3.8, 4) is 0 Å². The van der Waals surface area contributed by atoms with E-state index >= 15 is 0 Å². The molecule has 47 heavy (non-hydrogen) atoms. The molecule has 5 unspecified atom stereocenters. The van der Waals surface area contributed by atoms with Crippen molar-refractivity contribution in [2.24, 2.45) is 44.8 Å². The molecule has 0 bridgehead atoms. The Hall–Kier alpha value is -0.850. The van der Waals surface area contributed by atoms with Gasteiger partial charge in [-0.05, 0) is 112 Å². The van der Waals surface area contributed by atoms with Crippen LogP contribution in [0.4, 0.5) is 0 Å². The molecule has 2 saturated heterocycles. The number of carbonyl (C=O) groups is 1. The Kier molecular flexibility index (Phi) is 7.80. The van der Waals surface area contributed by atoms with Crippen molar-refractivity contribution >= 4 is 5.97 Å². The van der Waals surface area contributed by atoms with E-state index in [0.717, 1.165) is 51.4 Å². The van der Waals surface area contributed by atoms with Crippen LogP contribution in [0.5, 0.6) is 0 Å². The average Bonchev–Trinajstić information content (AvgIpc) is 3.40. The third-order valence-electron chi connectivity index (χ3n) is 15.9. The maximum atomic E-state index is 12.7. The maximum Gasteiger partial charge on any atom is 0.303 e. The van der Waals surface area contributed by atoms with Crippen molar-refractivity contribution in [2.45, 2.75) is 173 Å². The first kappa shape index (κ1) is 34.6. The molecule has 10 heteroatoms. The number of aliphatic hydroxyl groups is 5. The summed E-state index contributed by atoms with van der Waals surface area (Å²) in [6, 6.07) is 0. The smallest absolute Gasteiger partial charge is 0.303 e. The van der Waals surface area contributed by atoms with Crippen molar-refractivity contribution in [1.29, 1.82) is 0 Å². The molecule has 7 fully saturated rings. The summed E-state index contributed by atoms with van der Waals surface area (Å²) in [5.41, 5.74) is -2.49. The number of rotatable bonds is 5. The van der Waals surface area contributed by atoms with Gasteiger partial charge in [-0.15, -0.1) is 0 Å². The number of ether oxygens (including phenoxy) is 4. The molecular weight excluding hydrogens is 604 g/mol. The molecule has 268 valence electrons. The average molecular weight is 665 g/mol. The first-order valence-corrected chi connectivity index (χ1v) is 18.3. The fourth-order valence-corrected chi connectivity index (χ4v) is 13.7. The van der Waals surface area contributed by atoms with E-state index < -0.39 is 53.4 Å². The fraction of sp³-hybridized carbons (Fsp3) is 0.973. The highest BCUT2D eigenvalue weighted by Gasteiger charge is 2.85. The topological polar surface area (TPSA) is 155 Å². The lowest BCUT2D eigenvalue weighted by atomic mass is 9.41. The predicted molar refractivity (Wildman–Crippen MR) is 171 cm³/mol. The van der Waals surface area contributed by atoms with Crippen LogP contribution in [0.25, 0.3) is 0 Å². The van der Waals surface area contributed by atoms with E-state index in [-0.39, 0.29) is 58.3 Å². The van der Waals surface area contributed by atoms with E-state index in [2.05, 4.69) is 34.6 Å². The van der Waals surface area contributed by atoms with Gasteiger partial charge in [0, 0.05) is 18.3 Å². The van der Waals surface area contributed by atoms with Crippen LogP contribution in [0.2, 0.25) is 0 Å². The molecule has 5 saturated carbocycles. The van der Waals surface area contributed by atoms with Gasteiger partial charge in [0.25, 0.3) is 0 Å². The van der Waals surface area contributed by atoms with Gasteiger partial charge in [-0.3, -0.25) is 4.79 Å². The molecule has 0 aromatic carbocycles. The fourth-order valence-electron chi connectivity index (χ4n) is 13.7. The van der Waals surface area contributed by atoms with Crippen LogP contribution in [0.15, 0.2) is 0 Å². The molecule has 16 atom stereocenters. The number of esters is 1. The minimum Gasteiger partial charge on any atom is -0.459 e. The summed E-state index contributed by atoms with van der Waals surface area (Å²) >= 11 is 0. The summed E-state index contributed by atoms with van der Waals surface area (Å²) in [7, 11) is 0. The van der Waals surface area contributed by atoms with Crippen LogP contribution in [-0.2, 0) is 23.7 Å². The zero-order valence-electron chi connectivity index (χ0n) is 29.7. The number of aliphatic hydroxyl groups excluding tert-OH is 4. The van der Waals surface area contributed by atoms with Gasteiger partial charge in [0.05, 0.1) is 36.1 Å². The SMILES string of the molecule is CC(=O)O[C@H]1[C@H](O)C(C2(C)CCC(C(C)(C)O)O2)[C@@]2(C)CC[C@@]34C[C@@]35CC[C@H](O[C@@H]3OC[C@@H](O)[C@H](O)[C@H]3O)C(C)(C)C5CCC4[C@]12C. The standard InChI is InChI=1S/C37H60O10/c1-19(38)45-29-27(42)28(34(7)13-11-24(47-34)32(4,5)43)33(6)15-16-37-18-36(37)14-12-23(46-30-26(41)25(40)20(39)17-44-30)31(2,3)21(36)9-10-22(37)35(29,33)8/h20-30,39-43H,9-18H2,1-8H3/t20-,21?,22?,23+,24?,25+,26-,27-,28?,29+,30+,33-,34?,35-,36-,37+/m1/s1. The summed E-state index contributed by atoms with van der Waals surface area (Å²) in [5.74, 6) is 0.0227. The molecule has 0 amide bonds. The normalized spacial score (nSPS) is 56.6. The first-order chi connectivity index (χ1) is 21.7. The van der Waals surface area contributed by atoms with Gasteiger partial charge in [-0.25, -0.2) is 0 Å². The van der Waals surface area contributed by atoms with Gasteiger partial charge in [0.15, 0.2) is 6.29 Å². The lowest BCUT2D eigenvalue weighted by molar-refractivity contribution is -0.303. The van der Waals surface area contributed by atoms with E-state index in [1.54, 1.807) is 13.8 Å². The Morgan fingerprint density at radius 2 is 1.49 bits per heavy atom. The van der Waals surface area contributed by atoms with Gasteiger partial charge in [0.1, 0.15) is 24.4 Å². The number of carbonyl (C=O) groups excluding carboxylic acids is 1. The Bertz CT molecular complexity index is 1270. The van der Waals surface area contributed by atoms with Crippen LogP contribution < -0.4 is 0 Å². The molecule has 7 rings (SSSR count). The maximum absolute atomic E-state index is 12.7. The van der Waals surface area contributed by atoms with E-state index in [1.807, 2.05) is 0 Å². The van der Waals surface area contributed by atoms with Crippen molar-refractivity contribution in [1.82, 2.24) is 0 Å². The third-order valence-corrected chi connectivity index (χ3v) is 15.9. The second-order valence-corrected chi connectivity index (χ2v) is 18.7. The van der Waals surface area contributed by atoms with E-state index in [4.69, 9.17) is 18.9 Å². The van der Waals surface area contributed by atoms with Crippen molar-refractivity contribution in [2.75, 3.05) is 6.61 Å². The second-order valence-electron chi connectivity index (χ2n) is 18.7. The number of fused-ring (bicyclic) bond motifs is 2. The Labute approximate surface area is 279 Å². The highest BCUT2D eigenvalue weighted by Crippen LogP contribution is 2.89. The van der Waals surface area contributed by atoms with Crippen LogP contribution >= 0.6 is 0 Å². The zero-order chi connectivity index (χ0) is 34.3. The number of hydrogen-bond acceptors (Lipinski definition) is 10. The van der Waals surface area contributed by atoms with Gasteiger partial charge < -0.3 is 44.5 Å². The highest BCUT2D eigenvalue weighted by molar-refractivity contribution is 5.66. The Balaban J connectivity index is 1.19. The van der Waals surface area contributed by atoms with Crippen molar-refractivity contribution in [3.05, 3.63) is 0 Å². The van der Waals surface area contributed by atoms with Crippen molar-refractivity contribution in [3.63, 3.8) is 0 Å². The monoisotopic (exact) mass is 664 g/mol. The van der Waals surface area contributed by atoms with Crippen LogP contribution in [0.3, 0.4) is 0 Å². The molecule has 10 nitrogen and oxygen atoms in total. The Morgan fingerprint density at radius 1 is 0.830 bits per heavy atom. The summed E-state index contributed by atoms with van der Waals surface area (Å²) in [5, 5.41) is 54.0. The van der Waals surface area contributed by atoms with Gasteiger partial charge >= 0.3 is 5.97 Å². The zero-order valence-corrected chi connectivity index (χ0v) is 29.7. The molecular formula is C37H60O10. The van der Waals surface area contributed by atoms with E-state index in [1.165, 1.54) is 6.92 Å². The highest BCUT2D eigenvalue weighted by atomic mass is 16.7. The van der Waals surface area contributed by atoms with Gasteiger partial charge in [-0.2, -0.15) is 0 Å². The summed E-state index contributed by atoms with van der Waals surface area (Å²) < 4.78 is 25.1. The predicted octanol–water partition coefficient (Wildman–Crippen LogP) is 3.47. The molecule has 5 aliphatic carbocycles. The molecule has 7 aliphatic rings. The second kappa shape index (κ2) is 10.6. The molecule has 0 radical (unpaired) electrons. The van der Waals surface area contributed by atoms with E-state index in [9.17, 15) is 30.3 Å². The molecule has 2 spiro atoms. The molecule has 2 aliphatic heterocycles. The largest absolute Gasteiger partial charge is 0.459 e.